The molecule has 0 spiro atoms. The smallest absolute Gasteiger partial charge is 0.226 e. The molecule has 4 heteroatoms. The topological polar surface area (TPSA) is 43.8 Å². The number of nitrogens with zero attached hydrogens (tertiary/aromatic N) is 2. The van der Waals surface area contributed by atoms with Gasteiger partial charge in [-0.3, -0.25) is 4.79 Å². The average molecular weight is 282 g/mol. The maximum atomic E-state index is 12.8. The van der Waals surface area contributed by atoms with E-state index in [1.54, 1.807) is 0 Å². The van der Waals surface area contributed by atoms with Gasteiger partial charge in [-0.25, -0.2) is 0 Å². The summed E-state index contributed by atoms with van der Waals surface area (Å²) in [7, 11) is 4.06. The maximum Gasteiger partial charge on any atom is 0.226 e. The fourth-order valence-electron chi connectivity index (χ4n) is 3.69. The van der Waals surface area contributed by atoms with Gasteiger partial charge in [-0.2, -0.15) is 0 Å². The van der Waals surface area contributed by atoms with Gasteiger partial charge in [0.1, 0.15) is 0 Å². The van der Waals surface area contributed by atoms with Crippen LogP contribution in [0.4, 0.5) is 0 Å². The molecule has 0 bridgehead atoms. The van der Waals surface area contributed by atoms with Gasteiger partial charge in [-0.05, 0) is 33.4 Å². The lowest BCUT2D eigenvalue weighted by Gasteiger charge is -2.31. The number of carbonyl (C=O) groups is 1. The van der Waals surface area contributed by atoms with Crippen LogP contribution in [0.5, 0.6) is 0 Å². The lowest BCUT2D eigenvalue weighted by molar-refractivity contribution is -0.137. The summed E-state index contributed by atoms with van der Waals surface area (Å²) in [5, 5.41) is 9.92. The van der Waals surface area contributed by atoms with E-state index >= 15 is 0 Å². The molecule has 1 aliphatic heterocycles. The van der Waals surface area contributed by atoms with Crippen molar-refractivity contribution in [3.63, 3.8) is 0 Å². The van der Waals surface area contributed by atoms with Gasteiger partial charge in [-0.1, -0.05) is 32.1 Å². The molecule has 1 amide bonds. The Labute approximate surface area is 123 Å². The number of likely N-dealkylation sites (tertiary alicyclic amines) is 1. The van der Waals surface area contributed by atoms with Crippen LogP contribution in [0, 0.1) is 5.92 Å². The quantitative estimate of drug-likeness (QED) is 0.859. The van der Waals surface area contributed by atoms with E-state index in [1.165, 1.54) is 32.1 Å². The maximum absolute atomic E-state index is 12.8. The molecule has 1 saturated carbocycles. The van der Waals surface area contributed by atoms with Crippen molar-refractivity contribution in [1.29, 1.82) is 0 Å². The van der Waals surface area contributed by atoms with Gasteiger partial charge in [0.05, 0.1) is 6.10 Å². The van der Waals surface area contributed by atoms with Crippen molar-refractivity contribution in [2.24, 2.45) is 5.92 Å². The third kappa shape index (κ3) is 4.19. The Balaban J connectivity index is 1.97. The molecule has 1 heterocycles. The summed E-state index contributed by atoms with van der Waals surface area (Å²) in [4.78, 5) is 16.9. The van der Waals surface area contributed by atoms with Crippen LogP contribution in [0.3, 0.4) is 0 Å². The Hall–Kier alpha value is -0.610. The highest BCUT2D eigenvalue weighted by molar-refractivity contribution is 5.79. The SMILES string of the molecule is CN(C)CC1CC(O)CN1C(=O)C1CCCCCCC1. The molecule has 20 heavy (non-hydrogen) atoms. The second-order valence-electron chi connectivity index (χ2n) is 6.84. The number of aliphatic hydroxyl groups excluding tert-OH is 1. The average Bonchev–Trinajstić information content (AvgIpc) is 2.68. The van der Waals surface area contributed by atoms with Crippen molar-refractivity contribution in [2.45, 2.75) is 63.5 Å². The number of rotatable bonds is 3. The fraction of sp³-hybridized carbons (Fsp3) is 0.938. The summed E-state index contributed by atoms with van der Waals surface area (Å²) in [6, 6.07) is 0.193. The summed E-state index contributed by atoms with van der Waals surface area (Å²) < 4.78 is 0. The summed E-state index contributed by atoms with van der Waals surface area (Å²) in [5.41, 5.74) is 0. The molecule has 0 aromatic carbocycles. The molecular weight excluding hydrogens is 252 g/mol. The molecule has 1 saturated heterocycles. The van der Waals surface area contributed by atoms with Crippen LogP contribution in [-0.2, 0) is 4.79 Å². The van der Waals surface area contributed by atoms with Gasteiger partial charge in [-0.15, -0.1) is 0 Å². The molecule has 2 unspecified atom stereocenters. The van der Waals surface area contributed by atoms with Crippen LogP contribution in [0.15, 0.2) is 0 Å². The van der Waals surface area contributed by atoms with Gasteiger partial charge in [0.2, 0.25) is 5.91 Å². The summed E-state index contributed by atoms with van der Waals surface area (Å²) in [6.45, 7) is 1.39. The molecule has 2 rings (SSSR count). The van der Waals surface area contributed by atoms with Crippen molar-refractivity contribution < 1.29 is 9.90 Å². The third-order valence-electron chi connectivity index (χ3n) is 4.71. The van der Waals surface area contributed by atoms with Gasteiger partial charge < -0.3 is 14.9 Å². The largest absolute Gasteiger partial charge is 0.391 e. The number of aliphatic hydroxyl groups is 1. The van der Waals surface area contributed by atoms with Gasteiger partial charge in [0.15, 0.2) is 0 Å². The van der Waals surface area contributed by atoms with E-state index in [0.29, 0.717) is 12.5 Å². The van der Waals surface area contributed by atoms with Gasteiger partial charge in [0, 0.05) is 25.0 Å². The van der Waals surface area contributed by atoms with E-state index in [4.69, 9.17) is 0 Å². The van der Waals surface area contributed by atoms with Crippen molar-refractivity contribution in [2.75, 3.05) is 27.2 Å². The minimum atomic E-state index is -0.336. The summed E-state index contributed by atoms with van der Waals surface area (Å²) >= 11 is 0. The lowest BCUT2D eigenvalue weighted by atomic mass is 9.90. The zero-order chi connectivity index (χ0) is 14.5. The van der Waals surface area contributed by atoms with E-state index in [-0.39, 0.29) is 18.1 Å². The van der Waals surface area contributed by atoms with E-state index < -0.39 is 0 Å². The highest BCUT2D eigenvalue weighted by Crippen LogP contribution is 2.28. The van der Waals surface area contributed by atoms with Crippen molar-refractivity contribution in [3.8, 4) is 0 Å². The molecule has 1 aliphatic carbocycles. The van der Waals surface area contributed by atoms with E-state index in [0.717, 1.165) is 25.8 Å². The number of likely N-dealkylation sites (N-methyl/N-ethyl adjacent to an activating group) is 1. The molecule has 1 N–H and O–H groups in total. The first-order valence-electron chi connectivity index (χ1n) is 8.21. The zero-order valence-electron chi connectivity index (χ0n) is 13.1. The number of amides is 1. The first-order chi connectivity index (χ1) is 9.58. The normalized spacial score (nSPS) is 29.5. The van der Waals surface area contributed by atoms with Crippen molar-refractivity contribution >= 4 is 5.91 Å². The number of carbonyl (C=O) groups excluding carboxylic acids is 1. The van der Waals surface area contributed by atoms with Crippen LogP contribution in [0.25, 0.3) is 0 Å². The molecule has 116 valence electrons. The number of β-amino-alcohol motifs (C(OH)–C–C–N with tert-alkyl or cyclic N) is 1. The van der Waals surface area contributed by atoms with Crippen LogP contribution >= 0.6 is 0 Å². The molecular formula is C16H30N2O2. The minimum Gasteiger partial charge on any atom is -0.391 e. The first kappa shape index (κ1) is 15.8. The predicted octanol–water partition coefficient (Wildman–Crippen LogP) is 1.87. The third-order valence-corrected chi connectivity index (χ3v) is 4.71. The van der Waals surface area contributed by atoms with Gasteiger partial charge >= 0.3 is 0 Å². The Morgan fingerprint density at radius 2 is 1.75 bits per heavy atom. The van der Waals surface area contributed by atoms with Crippen molar-refractivity contribution in [1.82, 2.24) is 9.80 Å². The number of hydrogen-bond donors (Lipinski definition) is 1. The summed E-state index contributed by atoms with van der Waals surface area (Å²) in [6.07, 6.45) is 8.72. The fourth-order valence-corrected chi connectivity index (χ4v) is 3.69. The molecule has 0 aromatic rings. The van der Waals surface area contributed by atoms with E-state index in [9.17, 15) is 9.90 Å². The molecule has 4 nitrogen and oxygen atoms in total. The van der Waals surface area contributed by atoms with E-state index in [1.807, 2.05) is 19.0 Å². The second kappa shape index (κ2) is 7.41. The van der Waals surface area contributed by atoms with Crippen LogP contribution in [0.2, 0.25) is 0 Å². The first-order valence-corrected chi connectivity index (χ1v) is 8.21. The molecule has 2 aliphatic rings. The van der Waals surface area contributed by atoms with Crippen LogP contribution in [0.1, 0.15) is 51.4 Å². The second-order valence-corrected chi connectivity index (χ2v) is 6.84. The molecule has 2 fully saturated rings. The minimum absolute atomic E-state index is 0.193. The Bertz CT molecular complexity index is 312. The van der Waals surface area contributed by atoms with E-state index in [2.05, 4.69) is 4.90 Å². The Morgan fingerprint density at radius 1 is 1.15 bits per heavy atom. The zero-order valence-corrected chi connectivity index (χ0v) is 13.1. The highest BCUT2D eigenvalue weighted by Gasteiger charge is 2.37. The van der Waals surface area contributed by atoms with Crippen LogP contribution < -0.4 is 0 Å². The molecule has 0 radical (unpaired) electrons. The summed E-state index contributed by atoms with van der Waals surface area (Å²) in [5.74, 6) is 0.501. The standard InChI is InChI=1S/C16H30N2O2/c1-17(2)11-14-10-15(19)12-18(14)16(20)13-8-6-4-3-5-7-9-13/h13-15,19H,3-12H2,1-2H3. The van der Waals surface area contributed by atoms with Crippen molar-refractivity contribution in [3.05, 3.63) is 0 Å². The monoisotopic (exact) mass is 282 g/mol. The molecule has 2 atom stereocenters. The number of hydrogen-bond acceptors (Lipinski definition) is 3. The van der Waals surface area contributed by atoms with Crippen LogP contribution in [-0.4, -0.2) is 60.1 Å². The lowest BCUT2D eigenvalue weighted by Crippen LogP contribution is -2.44. The highest BCUT2D eigenvalue weighted by atomic mass is 16.3. The molecule has 0 aromatic heterocycles. The van der Waals surface area contributed by atoms with Gasteiger partial charge in [0.25, 0.3) is 0 Å². The predicted molar refractivity (Wildman–Crippen MR) is 80.5 cm³/mol. The Morgan fingerprint density at radius 3 is 2.35 bits per heavy atom. The Kier molecular flexibility index (Phi) is 5.85.